The number of nitrogens with two attached hydrogens (primary N) is 2. The van der Waals surface area contributed by atoms with Crippen molar-refractivity contribution in [1.82, 2.24) is 0 Å². The number of carbonyl (C=O) groups excluding carboxylic acids is 4. The number of benzene rings is 6. The average Bonchev–Trinajstić information content (AvgIpc) is 3.52. The molecule has 9 heteroatoms. The van der Waals surface area contributed by atoms with Gasteiger partial charge in [-0.3, -0.25) is 19.2 Å². The van der Waals surface area contributed by atoms with Crippen LogP contribution in [0.2, 0.25) is 0 Å². The standard InChI is InChI=1S/C40H25BrN4O4/c41-36-21-30(45-38(47)33-17-8-26(20-35(33)40(45)49)23-3-11-28(43)12-4-23)15-18-31(36)24-5-13-29(14-6-24)44-37(46)32-16-7-25(19-34(32)39(44)48)22-1-9-27(42)10-2-22/h1-21H,42-43H2. The molecule has 0 fully saturated rings. The number of hydrogen-bond donors (Lipinski definition) is 2. The van der Waals surface area contributed by atoms with Crippen LogP contribution in [-0.4, -0.2) is 23.6 Å². The first-order chi connectivity index (χ1) is 23.7. The SMILES string of the molecule is Nc1ccc(-c2ccc3c(c2)C(=O)N(c2ccc(-c4ccc(N5C(=O)c6ccc(-c7ccc(N)cc7)cc6C5=O)cc4Br)cc2)C3=O)cc1. The molecule has 0 saturated heterocycles. The van der Waals surface area contributed by atoms with Crippen LogP contribution in [0.3, 0.4) is 0 Å². The van der Waals surface area contributed by atoms with Gasteiger partial charge in [0.25, 0.3) is 23.6 Å². The summed E-state index contributed by atoms with van der Waals surface area (Å²) in [5, 5.41) is 0. The van der Waals surface area contributed by atoms with Crippen LogP contribution in [0.1, 0.15) is 41.4 Å². The molecule has 8 nitrogen and oxygen atoms in total. The van der Waals surface area contributed by atoms with Crippen molar-refractivity contribution in [3.05, 3.63) is 154 Å². The lowest BCUT2D eigenvalue weighted by Gasteiger charge is -2.17. The van der Waals surface area contributed by atoms with Gasteiger partial charge in [-0.1, -0.05) is 70.5 Å². The van der Waals surface area contributed by atoms with Crippen molar-refractivity contribution in [3.63, 3.8) is 0 Å². The van der Waals surface area contributed by atoms with Gasteiger partial charge in [0.15, 0.2) is 0 Å². The minimum absolute atomic E-state index is 0.338. The van der Waals surface area contributed by atoms with Gasteiger partial charge in [0.05, 0.1) is 33.6 Å². The third-order valence-corrected chi connectivity index (χ3v) is 9.56. The fraction of sp³-hybridized carbons (Fsp3) is 0. The smallest absolute Gasteiger partial charge is 0.266 e. The van der Waals surface area contributed by atoms with Gasteiger partial charge >= 0.3 is 0 Å². The molecule has 8 rings (SSSR count). The summed E-state index contributed by atoms with van der Waals surface area (Å²) >= 11 is 3.62. The summed E-state index contributed by atoms with van der Waals surface area (Å²) in [5.41, 5.74) is 20.2. The van der Waals surface area contributed by atoms with Crippen molar-refractivity contribution in [1.29, 1.82) is 0 Å². The topological polar surface area (TPSA) is 127 Å². The summed E-state index contributed by atoms with van der Waals surface area (Å²) in [7, 11) is 0. The largest absolute Gasteiger partial charge is 0.399 e. The zero-order valence-corrected chi connectivity index (χ0v) is 27.3. The molecule has 0 aliphatic carbocycles. The maximum atomic E-state index is 13.5. The van der Waals surface area contributed by atoms with E-state index >= 15 is 0 Å². The Balaban J connectivity index is 1.03. The van der Waals surface area contributed by atoms with E-state index in [2.05, 4.69) is 15.9 Å². The molecule has 0 radical (unpaired) electrons. The second kappa shape index (κ2) is 11.4. The predicted molar refractivity (Wildman–Crippen MR) is 194 cm³/mol. The molecule has 6 aromatic carbocycles. The quantitative estimate of drug-likeness (QED) is 0.138. The Kier molecular flexibility index (Phi) is 7.01. The van der Waals surface area contributed by atoms with Crippen LogP contribution in [0.5, 0.6) is 0 Å². The highest BCUT2D eigenvalue weighted by Crippen LogP contribution is 2.38. The Morgan fingerprint density at radius 1 is 0.367 bits per heavy atom. The molecule has 4 amide bonds. The maximum Gasteiger partial charge on any atom is 0.266 e. The summed E-state index contributed by atoms with van der Waals surface area (Å²) in [6.07, 6.45) is 0. The number of anilines is 4. The van der Waals surface area contributed by atoms with Crippen molar-refractivity contribution < 1.29 is 19.2 Å². The van der Waals surface area contributed by atoms with Gasteiger partial charge in [-0.05, 0) is 106 Å². The monoisotopic (exact) mass is 704 g/mol. The first-order valence-corrected chi connectivity index (χ1v) is 16.1. The van der Waals surface area contributed by atoms with Gasteiger partial charge in [0.1, 0.15) is 0 Å². The molecule has 0 atom stereocenters. The van der Waals surface area contributed by atoms with Gasteiger partial charge in [-0.25, -0.2) is 9.80 Å². The Morgan fingerprint density at radius 3 is 1.20 bits per heavy atom. The number of nitrogen functional groups attached to an aromatic ring is 2. The first kappa shape index (κ1) is 30.0. The molecular formula is C40H25BrN4O4. The molecule has 4 N–H and O–H groups in total. The first-order valence-electron chi connectivity index (χ1n) is 15.4. The molecule has 0 unspecified atom stereocenters. The lowest BCUT2D eigenvalue weighted by atomic mass is 10.00. The third-order valence-electron chi connectivity index (χ3n) is 8.91. The molecule has 0 bridgehead atoms. The summed E-state index contributed by atoms with van der Waals surface area (Å²) in [6.45, 7) is 0. The molecular weight excluding hydrogens is 680 g/mol. The van der Waals surface area contributed by atoms with Crippen molar-refractivity contribution in [3.8, 4) is 33.4 Å². The molecule has 2 heterocycles. The van der Waals surface area contributed by atoms with Crippen molar-refractivity contribution in [2.75, 3.05) is 21.3 Å². The van der Waals surface area contributed by atoms with Crippen molar-refractivity contribution >= 4 is 62.3 Å². The lowest BCUT2D eigenvalue weighted by Crippen LogP contribution is -2.29. The molecule has 6 aromatic rings. The van der Waals surface area contributed by atoms with Crippen molar-refractivity contribution in [2.45, 2.75) is 0 Å². The molecule has 2 aliphatic rings. The van der Waals surface area contributed by atoms with Crippen LogP contribution < -0.4 is 21.3 Å². The number of amides is 4. The van der Waals surface area contributed by atoms with E-state index in [4.69, 9.17) is 11.5 Å². The number of carbonyl (C=O) groups is 4. The summed E-state index contributed by atoms with van der Waals surface area (Å²) < 4.78 is 0.660. The van der Waals surface area contributed by atoms with Crippen molar-refractivity contribution in [2.24, 2.45) is 0 Å². The van der Waals surface area contributed by atoms with Crippen LogP contribution in [0, 0.1) is 0 Å². The fourth-order valence-corrected chi connectivity index (χ4v) is 6.92. The van der Waals surface area contributed by atoms with Crippen LogP contribution in [0.15, 0.2) is 132 Å². The highest BCUT2D eigenvalue weighted by Gasteiger charge is 2.38. The van der Waals surface area contributed by atoms with Gasteiger partial charge in [0, 0.05) is 15.8 Å². The molecule has 236 valence electrons. The summed E-state index contributed by atoms with van der Waals surface area (Å²) in [6, 6.07) is 37.5. The van der Waals surface area contributed by atoms with E-state index in [9.17, 15) is 19.2 Å². The minimum atomic E-state index is -0.400. The second-order valence-corrected chi connectivity index (χ2v) is 12.7. The Labute approximate surface area is 289 Å². The Morgan fingerprint density at radius 2 is 0.735 bits per heavy atom. The van der Waals surface area contributed by atoms with Gasteiger partial charge in [-0.2, -0.15) is 0 Å². The highest BCUT2D eigenvalue weighted by atomic mass is 79.9. The van der Waals surface area contributed by atoms with E-state index in [1.54, 1.807) is 72.8 Å². The van der Waals surface area contributed by atoms with E-state index in [-0.39, 0.29) is 5.91 Å². The molecule has 2 aliphatic heterocycles. The zero-order chi connectivity index (χ0) is 34.0. The summed E-state index contributed by atoms with van der Waals surface area (Å²) in [4.78, 5) is 56.0. The number of rotatable bonds is 5. The van der Waals surface area contributed by atoms with Gasteiger partial charge in [0.2, 0.25) is 0 Å². The van der Waals surface area contributed by atoms with Crippen LogP contribution in [-0.2, 0) is 0 Å². The molecule has 0 saturated carbocycles. The Bertz CT molecular complexity index is 2390. The number of imide groups is 2. The predicted octanol–water partition coefficient (Wildman–Crippen LogP) is 8.22. The normalized spacial score (nSPS) is 13.7. The average molecular weight is 706 g/mol. The van der Waals surface area contributed by atoms with Crippen LogP contribution in [0.4, 0.5) is 22.7 Å². The van der Waals surface area contributed by atoms with E-state index in [0.717, 1.165) is 33.4 Å². The molecule has 0 spiro atoms. The van der Waals surface area contributed by atoms with Gasteiger partial charge in [-0.15, -0.1) is 0 Å². The fourth-order valence-electron chi connectivity index (χ4n) is 6.33. The van der Waals surface area contributed by atoms with Gasteiger partial charge < -0.3 is 11.5 Å². The number of hydrogen-bond acceptors (Lipinski definition) is 6. The minimum Gasteiger partial charge on any atom is -0.399 e. The number of fused-ring (bicyclic) bond motifs is 2. The second-order valence-electron chi connectivity index (χ2n) is 11.9. The summed E-state index contributed by atoms with van der Waals surface area (Å²) in [5.74, 6) is -1.57. The van der Waals surface area contributed by atoms with E-state index in [1.165, 1.54) is 9.80 Å². The van der Waals surface area contributed by atoms with Crippen LogP contribution >= 0.6 is 15.9 Å². The Hall–Kier alpha value is -6.32. The lowest BCUT2D eigenvalue weighted by molar-refractivity contribution is 0.0910. The highest BCUT2D eigenvalue weighted by molar-refractivity contribution is 9.10. The number of nitrogens with zero attached hydrogens (tertiary/aromatic N) is 2. The van der Waals surface area contributed by atoms with Crippen LogP contribution in [0.25, 0.3) is 33.4 Å². The van der Waals surface area contributed by atoms with E-state index in [0.29, 0.717) is 49.5 Å². The maximum absolute atomic E-state index is 13.5. The molecule has 0 aromatic heterocycles. The zero-order valence-electron chi connectivity index (χ0n) is 25.7. The van der Waals surface area contributed by atoms with E-state index in [1.807, 2.05) is 54.6 Å². The number of halogens is 1. The third kappa shape index (κ3) is 4.99. The molecule has 49 heavy (non-hydrogen) atoms. The van der Waals surface area contributed by atoms with E-state index < -0.39 is 17.7 Å².